The van der Waals surface area contributed by atoms with Crippen molar-refractivity contribution in [1.29, 1.82) is 0 Å². The molecule has 1 amide bonds. The second-order valence-electron chi connectivity index (χ2n) is 11.1. The van der Waals surface area contributed by atoms with Gasteiger partial charge in [-0.2, -0.15) is 18.3 Å². The van der Waals surface area contributed by atoms with Crippen molar-refractivity contribution in [1.82, 2.24) is 39.7 Å². The number of aromatic nitrogens is 8. The number of carbonyl (C=O) groups is 1. The number of hydrogen-bond acceptors (Lipinski definition) is 7. The van der Waals surface area contributed by atoms with E-state index in [-0.39, 0.29) is 34.7 Å². The van der Waals surface area contributed by atoms with Crippen molar-refractivity contribution in [3.63, 3.8) is 0 Å². The maximum atomic E-state index is 13.9. The maximum Gasteiger partial charge on any atom is 0.436 e. The number of anilines is 1. The van der Waals surface area contributed by atoms with E-state index in [1.165, 1.54) is 36.8 Å². The number of amides is 1. The molecule has 0 spiro atoms. The zero-order valence-corrected chi connectivity index (χ0v) is 23.8. The molecular formula is C29H23ClF3N9O2. The van der Waals surface area contributed by atoms with E-state index in [4.69, 9.17) is 11.6 Å². The summed E-state index contributed by atoms with van der Waals surface area (Å²) in [7, 11) is 0. The summed E-state index contributed by atoms with van der Waals surface area (Å²) >= 11 is 6.25. The highest BCUT2D eigenvalue weighted by Crippen LogP contribution is 2.57. The van der Waals surface area contributed by atoms with E-state index in [1.807, 2.05) is 19.1 Å². The van der Waals surface area contributed by atoms with Crippen LogP contribution < -0.4 is 10.9 Å². The van der Waals surface area contributed by atoms with Crippen LogP contribution in [0.4, 0.5) is 18.9 Å². The number of alkyl halides is 3. The quantitative estimate of drug-likeness (QED) is 0.287. The smallest absolute Gasteiger partial charge is 0.323 e. The van der Waals surface area contributed by atoms with Crippen LogP contribution in [0, 0.1) is 11.8 Å². The van der Waals surface area contributed by atoms with Crippen LogP contribution in [0.2, 0.25) is 5.02 Å². The van der Waals surface area contributed by atoms with Gasteiger partial charge in [-0.15, -0.1) is 5.10 Å². The van der Waals surface area contributed by atoms with Gasteiger partial charge in [0.2, 0.25) is 5.91 Å². The molecule has 1 saturated carbocycles. The first-order valence-corrected chi connectivity index (χ1v) is 14.1. The SMILES string of the molecule is C[C@@H]1CCC2CC2(n2cnc(-c3cc(Cl)ccc3-n3cc(C(F)(F)F)nn3)cc2=O)c2ccnc(c2)-c2[nH]ncc2NC1=O. The lowest BCUT2D eigenvalue weighted by Gasteiger charge is -2.23. The number of halogens is 4. The summed E-state index contributed by atoms with van der Waals surface area (Å²) in [6, 6.07) is 9.58. The first-order chi connectivity index (χ1) is 21.0. The largest absolute Gasteiger partial charge is 0.436 e. The molecule has 5 heterocycles. The van der Waals surface area contributed by atoms with Crippen LogP contribution in [0.15, 0.2) is 66.1 Å². The molecule has 15 heteroatoms. The van der Waals surface area contributed by atoms with Gasteiger partial charge in [0.15, 0.2) is 5.69 Å². The molecule has 1 aliphatic heterocycles. The molecular weight excluding hydrogens is 599 g/mol. The standard InChI is InChI=1S/C29H23ClF3N9O2/c1-15-2-3-17-11-28(17,16-6-7-34-21(8-16)26-22(12-36-39-26)37-27(15)44)41-14-35-20(10-25(41)43)19-9-18(30)4-5-23(19)42-13-24(38-40-42)29(31,32)33/h4-10,12-15,17H,2-3,11H2,1H3,(H,36,39)(H,37,44)/t15-,17?,28?/m1/s1. The van der Waals surface area contributed by atoms with Crippen molar-refractivity contribution in [2.75, 3.05) is 5.32 Å². The Morgan fingerprint density at radius 1 is 1.07 bits per heavy atom. The minimum absolute atomic E-state index is 0.0386. The Bertz CT molecular complexity index is 1980. The normalized spacial score (nSPS) is 21.4. The zero-order chi connectivity index (χ0) is 30.8. The lowest BCUT2D eigenvalue weighted by atomic mass is 9.95. The van der Waals surface area contributed by atoms with E-state index in [9.17, 15) is 22.8 Å². The average molecular weight is 622 g/mol. The predicted octanol–water partition coefficient (Wildman–Crippen LogP) is 5.08. The maximum absolute atomic E-state index is 13.9. The highest BCUT2D eigenvalue weighted by molar-refractivity contribution is 6.31. The van der Waals surface area contributed by atoms with Gasteiger partial charge in [-0.05, 0) is 61.1 Å². The van der Waals surface area contributed by atoms with Crippen molar-refractivity contribution in [3.8, 4) is 28.3 Å². The number of hydrogen-bond donors (Lipinski definition) is 2. The van der Waals surface area contributed by atoms with Crippen LogP contribution in [0.1, 0.15) is 37.4 Å². The van der Waals surface area contributed by atoms with E-state index in [2.05, 4.69) is 35.8 Å². The Balaban J connectivity index is 1.32. The van der Waals surface area contributed by atoms with Gasteiger partial charge in [-0.25, -0.2) is 9.67 Å². The molecule has 2 N–H and O–H groups in total. The van der Waals surface area contributed by atoms with Crippen LogP contribution in [0.25, 0.3) is 28.3 Å². The van der Waals surface area contributed by atoms with E-state index < -0.39 is 17.4 Å². The Morgan fingerprint density at radius 3 is 2.68 bits per heavy atom. The number of carbonyl (C=O) groups excluding carboxylic acids is 1. The second-order valence-corrected chi connectivity index (χ2v) is 11.5. The number of nitrogens with one attached hydrogen (secondary N) is 2. The third kappa shape index (κ3) is 4.65. The molecule has 11 nitrogen and oxygen atoms in total. The number of H-pyrrole nitrogens is 1. The summed E-state index contributed by atoms with van der Waals surface area (Å²) in [5.74, 6) is -0.377. The molecule has 2 aliphatic rings. The van der Waals surface area contributed by atoms with Gasteiger partial charge < -0.3 is 5.32 Å². The molecule has 0 radical (unpaired) electrons. The van der Waals surface area contributed by atoms with Gasteiger partial charge in [0.25, 0.3) is 5.56 Å². The van der Waals surface area contributed by atoms with E-state index in [0.29, 0.717) is 46.9 Å². The molecule has 4 aromatic heterocycles. The molecule has 3 atom stereocenters. The van der Waals surface area contributed by atoms with Crippen LogP contribution in [-0.2, 0) is 16.5 Å². The van der Waals surface area contributed by atoms with Crippen LogP contribution in [-0.4, -0.2) is 45.6 Å². The Morgan fingerprint density at radius 2 is 1.91 bits per heavy atom. The predicted molar refractivity (Wildman–Crippen MR) is 153 cm³/mol. The first-order valence-electron chi connectivity index (χ1n) is 13.7. The minimum atomic E-state index is -4.68. The Kier molecular flexibility index (Phi) is 6.43. The molecule has 2 bridgehead atoms. The highest BCUT2D eigenvalue weighted by Gasteiger charge is 2.57. The van der Waals surface area contributed by atoms with Crippen molar-refractivity contribution in [3.05, 3.63) is 87.9 Å². The van der Waals surface area contributed by atoms with E-state index >= 15 is 0 Å². The Labute approximate surface area is 252 Å². The second kappa shape index (κ2) is 10.1. The number of aromatic amines is 1. The molecule has 0 saturated heterocycles. The molecule has 7 rings (SSSR count). The number of nitrogens with zero attached hydrogens (tertiary/aromatic N) is 7. The topological polar surface area (TPSA) is 136 Å². The Hall–Kier alpha value is -4.85. The van der Waals surface area contributed by atoms with Gasteiger partial charge in [-0.1, -0.05) is 23.7 Å². The van der Waals surface area contributed by atoms with Gasteiger partial charge >= 0.3 is 6.18 Å². The molecule has 1 fully saturated rings. The summed E-state index contributed by atoms with van der Waals surface area (Å²) < 4.78 is 42.2. The number of pyridine rings is 1. The van der Waals surface area contributed by atoms with E-state index in [0.717, 1.165) is 16.4 Å². The molecule has 224 valence electrons. The molecule has 5 aromatic rings. The van der Waals surface area contributed by atoms with Gasteiger partial charge in [-0.3, -0.25) is 24.2 Å². The van der Waals surface area contributed by atoms with Crippen molar-refractivity contribution >= 4 is 23.2 Å². The number of benzene rings is 1. The lowest BCUT2D eigenvalue weighted by Crippen LogP contribution is -2.33. The monoisotopic (exact) mass is 621 g/mol. The first kappa shape index (κ1) is 28.0. The summed E-state index contributed by atoms with van der Waals surface area (Å²) in [6.07, 6.45) is 2.66. The summed E-state index contributed by atoms with van der Waals surface area (Å²) in [4.78, 5) is 35.8. The molecule has 44 heavy (non-hydrogen) atoms. The third-order valence-electron chi connectivity index (χ3n) is 8.39. The average Bonchev–Trinajstić information content (AvgIpc) is 3.29. The molecule has 1 aromatic carbocycles. The van der Waals surface area contributed by atoms with Gasteiger partial charge in [0.05, 0.1) is 47.0 Å². The third-order valence-corrected chi connectivity index (χ3v) is 8.62. The zero-order valence-electron chi connectivity index (χ0n) is 23.0. The van der Waals surface area contributed by atoms with Crippen molar-refractivity contribution < 1.29 is 18.0 Å². The fourth-order valence-electron chi connectivity index (χ4n) is 5.97. The number of rotatable bonds is 3. The van der Waals surface area contributed by atoms with Crippen molar-refractivity contribution in [2.45, 2.75) is 37.9 Å². The fourth-order valence-corrected chi connectivity index (χ4v) is 6.14. The van der Waals surface area contributed by atoms with Gasteiger partial charge in [0, 0.05) is 28.8 Å². The highest BCUT2D eigenvalue weighted by atomic mass is 35.5. The number of fused-ring (bicyclic) bond motifs is 6. The summed E-state index contributed by atoms with van der Waals surface area (Å²) in [6.45, 7) is 1.86. The minimum Gasteiger partial charge on any atom is -0.323 e. The molecule has 2 unspecified atom stereocenters. The lowest BCUT2D eigenvalue weighted by molar-refractivity contribution is -0.141. The molecule has 1 aliphatic carbocycles. The van der Waals surface area contributed by atoms with Crippen LogP contribution >= 0.6 is 11.6 Å². The summed E-state index contributed by atoms with van der Waals surface area (Å²) in [5, 5.41) is 17.1. The fraction of sp³-hybridized carbons (Fsp3) is 0.276. The van der Waals surface area contributed by atoms with Crippen LogP contribution in [0.5, 0.6) is 0 Å². The summed E-state index contributed by atoms with van der Waals surface area (Å²) in [5.41, 5.74) is 0.956. The van der Waals surface area contributed by atoms with Crippen LogP contribution in [0.3, 0.4) is 0 Å². The van der Waals surface area contributed by atoms with E-state index in [1.54, 1.807) is 10.8 Å². The van der Waals surface area contributed by atoms with Gasteiger partial charge in [0.1, 0.15) is 5.69 Å². The van der Waals surface area contributed by atoms with Crippen molar-refractivity contribution in [2.24, 2.45) is 11.8 Å².